The van der Waals surface area contributed by atoms with E-state index < -0.39 is 0 Å². The molecule has 1 aliphatic rings. The van der Waals surface area contributed by atoms with Gasteiger partial charge >= 0.3 is 6.03 Å². The first-order valence-electron chi connectivity index (χ1n) is 11.9. The van der Waals surface area contributed by atoms with Crippen molar-refractivity contribution in [2.24, 2.45) is 5.73 Å². The number of H-pyrrole nitrogens is 1. The van der Waals surface area contributed by atoms with Crippen LogP contribution >= 0.6 is 11.6 Å². The number of urea groups is 1. The number of nitrogens with one attached hydrogen (secondary N) is 2. The van der Waals surface area contributed by atoms with Crippen LogP contribution in [0, 0.1) is 0 Å². The summed E-state index contributed by atoms with van der Waals surface area (Å²) in [4.78, 5) is 26.9. The third kappa shape index (κ3) is 4.74. The molecular formula is C27H29ClN6O. The molecular weight excluding hydrogens is 460 g/mol. The Morgan fingerprint density at radius 1 is 1.11 bits per heavy atom. The van der Waals surface area contributed by atoms with Gasteiger partial charge in [0, 0.05) is 48.1 Å². The summed E-state index contributed by atoms with van der Waals surface area (Å²) >= 11 is 6.50. The van der Waals surface area contributed by atoms with Crippen LogP contribution in [0.1, 0.15) is 32.3 Å². The van der Waals surface area contributed by atoms with Crippen LogP contribution in [0.2, 0.25) is 5.02 Å². The molecule has 1 saturated heterocycles. The average molecular weight is 489 g/mol. The highest BCUT2D eigenvalue weighted by Gasteiger charge is 2.20. The largest absolute Gasteiger partial charge is 0.337 e. The Hall–Kier alpha value is -3.42. The predicted octanol–water partition coefficient (Wildman–Crippen LogP) is 5.81. The van der Waals surface area contributed by atoms with E-state index in [9.17, 15) is 4.79 Å². The Morgan fingerprint density at radius 3 is 2.57 bits per heavy atom. The summed E-state index contributed by atoms with van der Waals surface area (Å²) in [5.41, 5.74) is 11.9. The van der Waals surface area contributed by atoms with Gasteiger partial charge in [-0.3, -0.25) is 0 Å². The van der Waals surface area contributed by atoms with Gasteiger partial charge in [0.15, 0.2) is 5.65 Å². The number of rotatable bonds is 5. The number of anilines is 1. The molecule has 8 heteroatoms. The fourth-order valence-corrected chi connectivity index (χ4v) is 4.53. The number of halogens is 1. The van der Waals surface area contributed by atoms with Crippen LogP contribution in [-0.2, 0) is 5.41 Å². The number of amides is 2. The molecule has 1 fully saturated rings. The molecule has 0 atom stereocenters. The number of imidazole rings is 1. The van der Waals surface area contributed by atoms with Gasteiger partial charge in [0.2, 0.25) is 0 Å². The van der Waals surface area contributed by atoms with Crippen molar-refractivity contribution in [2.75, 3.05) is 25.0 Å². The second-order valence-corrected chi connectivity index (χ2v) is 10.1. The predicted molar refractivity (Wildman–Crippen MR) is 142 cm³/mol. The Morgan fingerprint density at radius 2 is 1.86 bits per heavy atom. The Bertz CT molecular complexity index is 1370. The third-order valence-corrected chi connectivity index (χ3v) is 7.04. The minimum absolute atomic E-state index is 0.0687. The highest BCUT2D eigenvalue weighted by molar-refractivity contribution is 6.33. The minimum atomic E-state index is -0.0902. The van der Waals surface area contributed by atoms with Crippen LogP contribution in [0.4, 0.5) is 10.5 Å². The van der Waals surface area contributed by atoms with E-state index >= 15 is 0 Å². The van der Waals surface area contributed by atoms with Crippen molar-refractivity contribution in [1.82, 2.24) is 19.9 Å². The van der Waals surface area contributed by atoms with Crippen molar-refractivity contribution >= 4 is 34.5 Å². The average Bonchev–Trinajstić information content (AvgIpc) is 3.55. The van der Waals surface area contributed by atoms with E-state index in [1.807, 2.05) is 23.2 Å². The number of nitrogens with zero attached hydrogens (tertiary/aromatic N) is 3. The van der Waals surface area contributed by atoms with Crippen LogP contribution in [0.15, 0.2) is 54.7 Å². The molecule has 2 amide bonds. The van der Waals surface area contributed by atoms with E-state index in [1.54, 1.807) is 12.1 Å². The number of nitrogens with two attached hydrogens (primary N) is 1. The lowest BCUT2D eigenvalue weighted by atomic mass is 9.84. The topological polar surface area (TPSA) is 99.9 Å². The van der Waals surface area contributed by atoms with Gasteiger partial charge in [-0.1, -0.05) is 49.7 Å². The zero-order valence-electron chi connectivity index (χ0n) is 19.9. The molecule has 0 spiro atoms. The number of likely N-dealkylation sites (tertiary alicyclic amines) is 1. The van der Waals surface area contributed by atoms with Gasteiger partial charge in [-0.05, 0) is 48.2 Å². The first-order chi connectivity index (χ1) is 16.8. The van der Waals surface area contributed by atoms with Crippen LogP contribution in [0.5, 0.6) is 0 Å². The lowest BCUT2D eigenvalue weighted by Gasteiger charge is -2.23. The molecule has 2 aromatic carbocycles. The van der Waals surface area contributed by atoms with E-state index in [0.717, 1.165) is 42.6 Å². The molecule has 7 nitrogen and oxygen atoms in total. The van der Waals surface area contributed by atoms with Crippen molar-refractivity contribution in [3.05, 3.63) is 65.3 Å². The number of carbonyl (C=O) groups is 1. The summed E-state index contributed by atoms with van der Waals surface area (Å²) < 4.78 is 0. The molecule has 180 valence electrons. The van der Waals surface area contributed by atoms with E-state index in [-0.39, 0.29) is 11.4 Å². The number of fused-ring (bicyclic) bond motifs is 1. The van der Waals surface area contributed by atoms with Gasteiger partial charge in [-0.2, -0.15) is 0 Å². The molecule has 0 bridgehead atoms. The van der Waals surface area contributed by atoms with Crippen LogP contribution in [-0.4, -0.2) is 45.5 Å². The third-order valence-electron chi connectivity index (χ3n) is 6.71. The first kappa shape index (κ1) is 23.3. The monoisotopic (exact) mass is 488 g/mol. The second kappa shape index (κ2) is 9.32. The van der Waals surface area contributed by atoms with E-state index in [4.69, 9.17) is 17.3 Å². The Kier molecular flexibility index (Phi) is 6.21. The Balaban J connectivity index is 1.42. The number of aromatic amines is 1. The zero-order chi connectivity index (χ0) is 24.6. The maximum Gasteiger partial charge on any atom is 0.321 e. The number of pyridine rings is 1. The molecule has 0 aliphatic carbocycles. The summed E-state index contributed by atoms with van der Waals surface area (Å²) in [7, 11) is 0. The molecule has 35 heavy (non-hydrogen) atoms. The molecule has 4 aromatic rings. The maximum atomic E-state index is 12.5. The first-order valence-corrected chi connectivity index (χ1v) is 12.2. The normalized spacial score (nSPS) is 14.0. The lowest BCUT2D eigenvalue weighted by molar-refractivity contribution is 0.222. The van der Waals surface area contributed by atoms with Crippen molar-refractivity contribution in [1.29, 1.82) is 0 Å². The van der Waals surface area contributed by atoms with Crippen LogP contribution in [0.3, 0.4) is 0 Å². The molecule has 5 rings (SSSR count). The molecule has 0 radical (unpaired) electrons. The summed E-state index contributed by atoms with van der Waals surface area (Å²) in [6.07, 6.45) is 3.91. The number of aromatic nitrogens is 3. The van der Waals surface area contributed by atoms with Crippen LogP contribution in [0.25, 0.3) is 33.7 Å². The maximum absolute atomic E-state index is 12.5. The lowest BCUT2D eigenvalue weighted by Crippen LogP contribution is -2.32. The van der Waals surface area contributed by atoms with E-state index in [2.05, 4.69) is 58.4 Å². The summed E-state index contributed by atoms with van der Waals surface area (Å²) in [5, 5.41) is 3.51. The van der Waals surface area contributed by atoms with Gasteiger partial charge in [0.05, 0.1) is 10.5 Å². The Labute approximate surface area is 209 Å². The van der Waals surface area contributed by atoms with Crippen molar-refractivity contribution < 1.29 is 4.79 Å². The van der Waals surface area contributed by atoms with Gasteiger partial charge in [-0.25, -0.2) is 14.8 Å². The molecule has 4 N–H and O–H groups in total. The smallest absolute Gasteiger partial charge is 0.321 e. The van der Waals surface area contributed by atoms with Gasteiger partial charge in [0.1, 0.15) is 5.82 Å². The number of carbonyl (C=O) groups excluding carboxylic acids is 1. The molecule has 0 unspecified atom stereocenters. The number of benzene rings is 2. The van der Waals surface area contributed by atoms with E-state index in [1.165, 1.54) is 5.56 Å². The minimum Gasteiger partial charge on any atom is -0.337 e. The fraction of sp³-hybridized carbons (Fsp3) is 0.296. The van der Waals surface area contributed by atoms with Crippen molar-refractivity contribution in [2.45, 2.75) is 32.1 Å². The highest BCUT2D eigenvalue weighted by Crippen LogP contribution is 2.32. The summed E-state index contributed by atoms with van der Waals surface area (Å²) in [6, 6.07) is 15.8. The number of hydrogen-bond donors (Lipinski definition) is 3. The molecule has 0 saturated carbocycles. The van der Waals surface area contributed by atoms with Crippen LogP contribution < -0.4 is 11.1 Å². The number of hydrogen-bond acceptors (Lipinski definition) is 4. The summed E-state index contributed by atoms with van der Waals surface area (Å²) in [6.45, 7) is 6.44. The quantitative estimate of drug-likeness (QED) is 0.330. The zero-order valence-corrected chi connectivity index (χ0v) is 20.7. The fourth-order valence-electron chi connectivity index (χ4n) is 4.32. The molecule has 2 aromatic heterocycles. The second-order valence-electron chi connectivity index (χ2n) is 9.66. The van der Waals surface area contributed by atoms with E-state index in [0.29, 0.717) is 34.3 Å². The summed E-state index contributed by atoms with van der Waals surface area (Å²) in [5.74, 6) is 0.604. The van der Waals surface area contributed by atoms with Gasteiger partial charge < -0.3 is 20.9 Å². The van der Waals surface area contributed by atoms with Gasteiger partial charge in [-0.15, -0.1) is 0 Å². The van der Waals surface area contributed by atoms with Crippen molar-refractivity contribution in [3.63, 3.8) is 0 Å². The standard InChI is InChI=1S/C27H29ClN6O/c1-27(2,16-29)19-7-5-17(6-8-19)18-13-23-25(30-15-18)33-24(32-23)21-14-20(9-10-22(21)28)31-26(35)34-11-3-4-12-34/h5-10,13-15H,3-4,11-12,16,29H2,1-2H3,(H,31,35)(H,30,32,33). The SMILES string of the molecule is CC(C)(CN)c1ccc(-c2cnc3nc(-c4cc(NC(=O)N5CCCC5)ccc4Cl)[nH]c3c2)cc1. The molecule has 3 heterocycles. The van der Waals surface area contributed by atoms with Crippen molar-refractivity contribution in [3.8, 4) is 22.5 Å². The van der Waals surface area contributed by atoms with Gasteiger partial charge in [0.25, 0.3) is 0 Å². The molecule has 1 aliphatic heterocycles. The highest BCUT2D eigenvalue weighted by atomic mass is 35.5.